The van der Waals surface area contributed by atoms with Crippen molar-refractivity contribution in [3.8, 4) is 0 Å². The van der Waals surface area contributed by atoms with E-state index in [4.69, 9.17) is 11.6 Å². The fourth-order valence-corrected chi connectivity index (χ4v) is 2.62. The Morgan fingerprint density at radius 2 is 2.32 bits per heavy atom. The third-order valence-electron chi connectivity index (χ3n) is 2.52. The number of hydrogen-bond acceptors (Lipinski definition) is 5. The Bertz CT molecular complexity index is 586. The van der Waals surface area contributed by atoms with Gasteiger partial charge in [0.05, 0.1) is 13.3 Å². The molecular formula is C13H13ClN2O2S. The van der Waals surface area contributed by atoms with E-state index < -0.39 is 0 Å². The van der Waals surface area contributed by atoms with E-state index in [1.807, 2.05) is 36.2 Å². The summed E-state index contributed by atoms with van der Waals surface area (Å²) in [4.78, 5) is 18.0. The van der Waals surface area contributed by atoms with Crippen LogP contribution in [0.3, 0.4) is 0 Å². The molecule has 0 unspecified atom stereocenters. The van der Waals surface area contributed by atoms with E-state index in [0.29, 0.717) is 16.4 Å². The van der Waals surface area contributed by atoms with Crippen molar-refractivity contribution in [2.75, 3.05) is 19.1 Å². The standard InChI is InChI=1S/C13H13ClN2O2S/c1-16(8-9-4-3-5-10(14)6-9)13-15-7-11(19-13)12(17)18-2/h3-7H,8H2,1-2H3. The van der Waals surface area contributed by atoms with Crippen molar-refractivity contribution in [2.24, 2.45) is 0 Å². The summed E-state index contributed by atoms with van der Waals surface area (Å²) in [6.45, 7) is 0.675. The molecule has 19 heavy (non-hydrogen) atoms. The number of ether oxygens (including phenoxy) is 1. The second-order valence-electron chi connectivity index (χ2n) is 3.98. The van der Waals surface area contributed by atoms with Crippen LogP contribution in [0, 0.1) is 0 Å². The van der Waals surface area contributed by atoms with Gasteiger partial charge >= 0.3 is 5.97 Å². The summed E-state index contributed by atoms with van der Waals surface area (Å²) in [5.74, 6) is -0.361. The summed E-state index contributed by atoms with van der Waals surface area (Å²) in [7, 11) is 3.28. The van der Waals surface area contributed by atoms with E-state index in [1.54, 1.807) is 0 Å². The molecule has 2 rings (SSSR count). The summed E-state index contributed by atoms with van der Waals surface area (Å²) >= 11 is 7.25. The number of anilines is 1. The normalized spacial score (nSPS) is 10.3. The lowest BCUT2D eigenvalue weighted by Crippen LogP contribution is -2.15. The third-order valence-corrected chi connectivity index (χ3v) is 3.84. The van der Waals surface area contributed by atoms with Crippen molar-refractivity contribution in [1.82, 2.24) is 4.98 Å². The van der Waals surface area contributed by atoms with Gasteiger partial charge < -0.3 is 9.64 Å². The number of nitrogens with zero attached hydrogens (tertiary/aromatic N) is 2. The first-order chi connectivity index (χ1) is 9.10. The maximum absolute atomic E-state index is 11.4. The van der Waals surface area contributed by atoms with Crippen molar-refractivity contribution in [3.63, 3.8) is 0 Å². The van der Waals surface area contributed by atoms with Crippen LogP contribution in [0.25, 0.3) is 0 Å². The van der Waals surface area contributed by atoms with Crippen LogP contribution in [0.4, 0.5) is 5.13 Å². The van der Waals surface area contributed by atoms with Crippen molar-refractivity contribution in [2.45, 2.75) is 6.54 Å². The van der Waals surface area contributed by atoms with Gasteiger partial charge in [0.1, 0.15) is 4.88 Å². The molecule has 0 saturated carbocycles. The number of thiazole rings is 1. The molecule has 0 fully saturated rings. The number of hydrogen-bond donors (Lipinski definition) is 0. The molecule has 6 heteroatoms. The van der Waals surface area contributed by atoms with Crippen LogP contribution in [0.15, 0.2) is 30.5 Å². The van der Waals surface area contributed by atoms with Crippen LogP contribution in [0.2, 0.25) is 5.02 Å². The second-order valence-corrected chi connectivity index (χ2v) is 5.43. The smallest absolute Gasteiger partial charge is 0.349 e. The van der Waals surface area contributed by atoms with Crippen molar-refractivity contribution in [1.29, 1.82) is 0 Å². The predicted octanol–water partition coefficient (Wildman–Crippen LogP) is 3.22. The molecule has 4 nitrogen and oxygen atoms in total. The van der Waals surface area contributed by atoms with Crippen molar-refractivity contribution >= 4 is 34.0 Å². The minimum absolute atomic E-state index is 0.361. The first kappa shape index (κ1) is 13.8. The van der Waals surface area contributed by atoms with E-state index in [9.17, 15) is 4.79 Å². The highest BCUT2D eigenvalue weighted by atomic mass is 35.5. The van der Waals surface area contributed by atoms with Gasteiger partial charge in [-0.1, -0.05) is 35.1 Å². The quantitative estimate of drug-likeness (QED) is 0.813. The summed E-state index contributed by atoms with van der Waals surface area (Å²) in [5.41, 5.74) is 1.09. The minimum Gasteiger partial charge on any atom is -0.465 e. The largest absolute Gasteiger partial charge is 0.465 e. The second kappa shape index (κ2) is 6.04. The molecule has 0 radical (unpaired) electrons. The lowest BCUT2D eigenvalue weighted by atomic mass is 10.2. The average molecular weight is 297 g/mol. The topological polar surface area (TPSA) is 42.4 Å². The lowest BCUT2D eigenvalue weighted by molar-refractivity contribution is 0.0606. The minimum atomic E-state index is -0.361. The van der Waals surface area contributed by atoms with E-state index in [0.717, 1.165) is 10.7 Å². The number of carbonyl (C=O) groups excluding carboxylic acids is 1. The zero-order valence-corrected chi connectivity index (χ0v) is 12.2. The molecule has 0 atom stereocenters. The third kappa shape index (κ3) is 3.45. The highest BCUT2D eigenvalue weighted by Gasteiger charge is 2.13. The highest BCUT2D eigenvalue weighted by molar-refractivity contribution is 7.17. The van der Waals surface area contributed by atoms with Crippen LogP contribution < -0.4 is 4.90 Å². The molecule has 0 spiro atoms. The molecule has 100 valence electrons. The molecule has 2 aromatic rings. The Labute approximate surface area is 120 Å². The van der Waals surface area contributed by atoms with Gasteiger partial charge in [0.25, 0.3) is 0 Å². The first-order valence-corrected chi connectivity index (χ1v) is 6.79. The first-order valence-electron chi connectivity index (χ1n) is 5.60. The number of aromatic nitrogens is 1. The van der Waals surface area contributed by atoms with Gasteiger partial charge in [-0.15, -0.1) is 0 Å². The van der Waals surface area contributed by atoms with Gasteiger partial charge in [0.2, 0.25) is 0 Å². The SMILES string of the molecule is COC(=O)c1cnc(N(C)Cc2cccc(Cl)c2)s1. The van der Waals surface area contributed by atoms with Crippen LogP contribution in [0.5, 0.6) is 0 Å². The maximum atomic E-state index is 11.4. The average Bonchev–Trinajstić information content (AvgIpc) is 2.87. The molecule has 0 N–H and O–H groups in total. The molecule has 1 aromatic carbocycles. The van der Waals surface area contributed by atoms with Gasteiger partial charge in [-0.2, -0.15) is 0 Å². The van der Waals surface area contributed by atoms with Crippen LogP contribution in [-0.2, 0) is 11.3 Å². The Morgan fingerprint density at radius 1 is 1.53 bits per heavy atom. The van der Waals surface area contributed by atoms with Gasteiger partial charge in [0.15, 0.2) is 5.13 Å². The molecule has 0 aliphatic heterocycles. The fraction of sp³-hybridized carbons (Fsp3) is 0.231. The number of methoxy groups -OCH3 is 1. The monoisotopic (exact) mass is 296 g/mol. The van der Waals surface area contributed by atoms with Crippen LogP contribution in [-0.4, -0.2) is 25.1 Å². The molecular weight excluding hydrogens is 284 g/mol. The molecule has 0 aliphatic rings. The Kier molecular flexibility index (Phi) is 4.39. The van der Waals surface area contributed by atoms with Crippen molar-refractivity contribution < 1.29 is 9.53 Å². The molecule has 0 bridgehead atoms. The Morgan fingerprint density at radius 3 is 3.00 bits per heavy atom. The summed E-state index contributed by atoms with van der Waals surface area (Å²) in [6.07, 6.45) is 1.53. The van der Waals surface area contributed by atoms with E-state index in [2.05, 4.69) is 9.72 Å². The fourth-order valence-electron chi connectivity index (χ4n) is 1.61. The molecule has 0 saturated heterocycles. The van der Waals surface area contributed by atoms with Crippen LogP contribution >= 0.6 is 22.9 Å². The summed E-state index contributed by atoms with van der Waals surface area (Å²) in [5, 5.41) is 1.47. The molecule has 1 heterocycles. The van der Waals surface area contributed by atoms with Crippen LogP contribution in [0.1, 0.15) is 15.2 Å². The van der Waals surface area contributed by atoms with E-state index >= 15 is 0 Å². The zero-order chi connectivity index (χ0) is 13.8. The summed E-state index contributed by atoms with van der Waals surface area (Å²) < 4.78 is 4.66. The highest BCUT2D eigenvalue weighted by Crippen LogP contribution is 2.23. The number of rotatable bonds is 4. The Hall–Kier alpha value is -1.59. The molecule has 0 amide bonds. The zero-order valence-electron chi connectivity index (χ0n) is 10.6. The number of carbonyl (C=O) groups is 1. The molecule has 0 aliphatic carbocycles. The van der Waals surface area contributed by atoms with Gasteiger partial charge in [-0.05, 0) is 17.7 Å². The number of esters is 1. The number of benzene rings is 1. The van der Waals surface area contributed by atoms with Crippen molar-refractivity contribution in [3.05, 3.63) is 45.9 Å². The molecule has 1 aromatic heterocycles. The summed E-state index contributed by atoms with van der Waals surface area (Å²) in [6, 6.07) is 7.65. The van der Waals surface area contributed by atoms with Gasteiger partial charge in [0, 0.05) is 18.6 Å². The predicted molar refractivity (Wildman–Crippen MR) is 77.0 cm³/mol. The Balaban J connectivity index is 2.09. The maximum Gasteiger partial charge on any atom is 0.349 e. The lowest BCUT2D eigenvalue weighted by Gasteiger charge is -2.15. The van der Waals surface area contributed by atoms with Gasteiger partial charge in [-0.25, -0.2) is 9.78 Å². The van der Waals surface area contributed by atoms with E-state index in [-0.39, 0.29) is 5.97 Å². The van der Waals surface area contributed by atoms with E-state index in [1.165, 1.54) is 24.6 Å². The number of halogens is 1. The van der Waals surface area contributed by atoms with Gasteiger partial charge in [-0.3, -0.25) is 0 Å².